The van der Waals surface area contributed by atoms with E-state index < -0.39 is 22.2 Å². The fourth-order valence-electron chi connectivity index (χ4n) is 3.47. The number of hydrogen-bond acceptors (Lipinski definition) is 5. The van der Waals surface area contributed by atoms with E-state index in [9.17, 15) is 18.3 Å². The van der Waals surface area contributed by atoms with Crippen LogP contribution in [0.1, 0.15) is 46.6 Å². The SMILES string of the molecule is CCCNC(=O)N(C)C[C@@H]1Oc2cc(C#CC(C)C)ccc2S(=O)(=O)N([C@H](C)CO)C[C@@H]1C. The molecule has 1 aliphatic rings. The molecule has 0 aromatic heterocycles. The van der Waals surface area contributed by atoms with Gasteiger partial charge < -0.3 is 20.1 Å². The molecule has 1 aliphatic heterocycles. The van der Waals surface area contributed by atoms with Crippen molar-refractivity contribution in [3.05, 3.63) is 23.8 Å². The summed E-state index contributed by atoms with van der Waals surface area (Å²) in [5.74, 6) is 6.27. The van der Waals surface area contributed by atoms with Crippen molar-refractivity contribution in [2.24, 2.45) is 11.8 Å². The molecule has 3 atom stereocenters. The summed E-state index contributed by atoms with van der Waals surface area (Å²) >= 11 is 0. The number of nitrogens with zero attached hydrogens (tertiary/aromatic N) is 2. The summed E-state index contributed by atoms with van der Waals surface area (Å²) < 4.78 is 34.5. The number of aliphatic hydroxyl groups excluding tert-OH is 1. The minimum atomic E-state index is -3.91. The Bertz CT molecular complexity index is 984. The van der Waals surface area contributed by atoms with Crippen LogP contribution in [0.15, 0.2) is 23.1 Å². The van der Waals surface area contributed by atoms with Crippen molar-refractivity contribution in [3.63, 3.8) is 0 Å². The smallest absolute Gasteiger partial charge is 0.317 e. The van der Waals surface area contributed by atoms with Gasteiger partial charge in [-0.2, -0.15) is 4.31 Å². The highest BCUT2D eigenvalue weighted by atomic mass is 32.2. The summed E-state index contributed by atoms with van der Waals surface area (Å²) in [6.45, 7) is 10.2. The zero-order chi connectivity index (χ0) is 24.8. The van der Waals surface area contributed by atoms with Gasteiger partial charge in [0.05, 0.1) is 13.2 Å². The maximum absolute atomic E-state index is 13.5. The van der Waals surface area contributed by atoms with E-state index in [-0.39, 0.29) is 48.2 Å². The maximum atomic E-state index is 13.5. The van der Waals surface area contributed by atoms with Crippen molar-refractivity contribution in [1.29, 1.82) is 0 Å². The number of sulfonamides is 1. The van der Waals surface area contributed by atoms with Gasteiger partial charge >= 0.3 is 6.03 Å². The van der Waals surface area contributed by atoms with Gasteiger partial charge in [0, 0.05) is 43.6 Å². The second-order valence-electron chi connectivity index (χ2n) is 8.94. The van der Waals surface area contributed by atoms with E-state index in [1.165, 1.54) is 10.4 Å². The van der Waals surface area contributed by atoms with Crippen LogP contribution in [0.2, 0.25) is 0 Å². The monoisotopic (exact) mass is 479 g/mol. The lowest BCUT2D eigenvalue weighted by atomic mass is 10.0. The number of likely N-dealkylation sites (N-methyl/N-ethyl adjacent to an activating group) is 1. The highest BCUT2D eigenvalue weighted by molar-refractivity contribution is 7.89. The molecule has 0 spiro atoms. The molecule has 8 nitrogen and oxygen atoms in total. The standard InChI is InChI=1S/C24H37N3O5S/c1-7-12-25-24(29)26(6)15-22-18(4)14-27(19(5)16-28)33(30,31)23-11-10-20(9-8-17(2)3)13-21(23)32-22/h10-11,13,17-19,22,28H,7,12,14-16H2,1-6H3,(H,25,29)/t18-,19+,22-/m0/s1. The Kier molecular flexibility index (Phi) is 9.58. The van der Waals surface area contributed by atoms with E-state index in [1.54, 1.807) is 31.0 Å². The number of fused-ring (bicyclic) bond motifs is 1. The molecular weight excluding hydrogens is 442 g/mol. The molecule has 1 aromatic rings. The van der Waals surface area contributed by atoms with Crippen LogP contribution in [0.3, 0.4) is 0 Å². The average molecular weight is 480 g/mol. The van der Waals surface area contributed by atoms with Gasteiger partial charge in [0.1, 0.15) is 16.7 Å². The summed E-state index contributed by atoms with van der Waals surface area (Å²) in [5, 5.41) is 12.6. The minimum absolute atomic E-state index is 0.0351. The van der Waals surface area contributed by atoms with Gasteiger partial charge in [0.15, 0.2) is 0 Å². The molecule has 1 aromatic carbocycles. The molecule has 0 unspecified atom stereocenters. The van der Waals surface area contributed by atoms with Crippen molar-refractivity contribution in [2.45, 2.75) is 58.1 Å². The van der Waals surface area contributed by atoms with Crippen molar-refractivity contribution in [3.8, 4) is 17.6 Å². The molecule has 0 saturated carbocycles. The fraction of sp³-hybridized carbons (Fsp3) is 0.625. The largest absolute Gasteiger partial charge is 0.487 e. The van der Waals surface area contributed by atoms with E-state index in [4.69, 9.17) is 4.74 Å². The van der Waals surface area contributed by atoms with Crippen molar-refractivity contribution in [1.82, 2.24) is 14.5 Å². The number of aliphatic hydroxyl groups is 1. The van der Waals surface area contributed by atoms with Gasteiger partial charge in [0.25, 0.3) is 0 Å². The molecule has 2 rings (SSSR count). The van der Waals surface area contributed by atoms with Crippen molar-refractivity contribution in [2.75, 3.05) is 33.3 Å². The Labute approximate surface area is 198 Å². The maximum Gasteiger partial charge on any atom is 0.317 e. The number of carbonyl (C=O) groups is 1. The number of ether oxygens (including phenoxy) is 1. The van der Waals surface area contributed by atoms with Crippen LogP contribution >= 0.6 is 0 Å². The second kappa shape index (κ2) is 11.7. The first-order valence-corrected chi connectivity index (χ1v) is 12.9. The molecule has 0 saturated heterocycles. The van der Waals surface area contributed by atoms with Gasteiger partial charge in [-0.25, -0.2) is 13.2 Å². The summed E-state index contributed by atoms with van der Waals surface area (Å²) in [7, 11) is -2.22. The molecular formula is C24H37N3O5S. The number of amides is 2. The predicted molar refractivity (Wildman–Crippen MR) is 128 cm³/mol. The summed E-state index contributed by atoms with van der Waals surface area (Å²) in [5.41, 5.74) is 0.653. The summed E-state index contributed by atoms with van der Waals surface area (Å²) in [4.78, 5) is 14.0. The number of hydrogen-bond donors (Lipinski definition) is 2. The fourth-order valence-corrected chi connectivity index (χ4v) is 5.29. The Morgan fingerprint density at radius 2 is 2.06 bits per heavy atom. The zero-order valence-electron chi connectivity index (χ0n) is 20.5. The van der Waals surface area contributed by atoms with Gasteiger partial charge in [-0.15, -0.1) is 0 Å². The highest BCUT2D eigenvalue weighted by Gasteiger charge is 2.38. The molecule has 0 aliphatic carbocycles. The Hall–Kier alpha value is -2.28. The van der Waals surface area contributed by atoms with Crippen LogP contribution < -0.4 is 10.1 Å². The molecule has 0 radical (unpaired) electrons. The summed E-state index contributed by atoms with van der Waals surface area (Å²) in [6.07, 6.45) is 0.369. The van der Waals surface area contributed by atoms with E-state index in [0.29, 0.717) is 12.1 Å². The lowest BCUT2D eigenvalue weighted by Crippen LogP contribution is -2.51. The van der Waals surface area contributed by atoms with Gasteiger partial charge in [-0.1, -0.05) is 39.5 Å². The Morgan fingerprint density at radius 3 is 2.67 bits per heavy atom. The molecule has 2 amide bonds. The molecule has 33 heavy (non-hydrogen) atoms. The number of carbonyl (C=O) groups excluding carboxylic acids is 1. The van der Waals surface area contributed by atoms with Gasteiger partial charge in [0.2, 0.25) is 10.0 Å². The first-order chi connectivity index (χ1) is 15.5. The Balaban J connectivity index is 2.51. The molecule has 184 valence electrons. The van der Waals surface area contributed by atoms with Crippen LogP contribution in [-0.4, -0.2) is 74.2 Å². The minimum Gasteiger partial charge on any atom is -0.487 e. The number of benzene rings is 1. The molecule has 0 bridgehead atoms. The summed E-state index contributed by atoms with van der Waals surface area (Å²) in [6, 6.07) is 4.01. The lowest BCUT2D eigenvalue weighted by molar-refractivity contribution is 0.0812. The van der Waals surface area contributed by atoms with Gasteiger partial charge in [-0.05, 0) is 31.5 Å². The third kappa shape index (κ3) is 6.85. The van der Waals surface area contributed by atoms with Crippen molar-refractivity contribution < 1.29 is 23.1 Å². The van der Waals surface area contributed by atoms with E-state index in [2.05, 4.69) is 17.2 Å². The molecule has 0 fully saturated rings. The number of nitrogens with one attached hydrogen (secondary N) is 1. The second-order valence-corrected chi connectivity index (χ2v) is 10.8. The van der Waals surface area contributed by atoms with E-state index >= 15 is 0 Å². The third-order valence-corrected chi connectivity index (χ3v) is 7.52. The van der Waals surface area contributed by atoms with Crippen LogP contribution in [-0.2, 0) is 10.0 Å². The third-order valence-electron chi connectivity index (χ3n) is 5.50. The van der Waals surface area contributed by atoms with Crippen LogP contribution in [0.25, 0.3) is 0 Å². The topological polar surface area (TPSA) is 99.2 Å². The Morgan fingerprint density at radius 1 is 1.36 bits per heavy atom. The molecule has 9 heteroatoms. The quantitative estimate of drug-likeness (QED) is 0.611. The number of rotatable bonds is 6. The average Bonchev–Trinajstić information content (AvgIpc) is 2.77. The van der Waals surface area contributed by atoms with Gasteiger partial charge in [-0.3, -0.25) is 0 Å². The van der Waals surface area contributed by atoms with E-state index in [1.807, 2.05) is 27.7 Å². The van der Waals surface area contributed by atoms with Crippen LogP contribution in [0, 0.1) is 23.7 Å². The molecule has 1 heterocycles. The first-order valence-electron chi connectivity index (χ1n) is 11.4. The predicted octanol–water partition coefficient (Wildman–Crippen LogP) is 2.51. The number of urea groups is 1. The zero-order valence-corrected chi connectivity index (χ0v) is 21.3. The van der Waals surface area contributed by atoms with Crippen molar-refractivity contribution >= 4 is 16.1 Å². The lowest BCUT2D eigenvalue weighted by Gasteiger charge is -2.37. The molecule has 2 N–H and O–H groups in total. The van der Waals surface area contributed by atoms with Crippen LogP contribution in [0.4, 0.5) is 4.79 Å². The normalized spacial score (nSPS) is 21.0. The van der Waals surface area contributed by atoms with E-state index in [0.717, 1.165) is 6.42 Å². The first kappa shape index (κ1) is 27.0. The highest BCUT2D eigenvalue weighted by Crippen LogP contribution is 2.34. The van der Waals surface area contributed by atoms with Crippen LogP contribution in [0.5, 0.6) is 5.75 Å².